The first kappa shape index (κ1) is 22.0. The number of hydrogen-bond acceptors (Lipinski definition) is 5. The Morgan fingerprint density at radius 3 is 2.76 bits per heavy atom. The van der Waals surface area contributed by atoms with Crippen molar-refractivity contribution in [2.24, 2.45) is 5.92 Å². The summed E-state index contributed by atoms with van der Waals surface area (Å²) in [7, 11) is 0. The van der Waals surface area contributed by atoms with E-state index in [-0.39, 0.29) is 11.6 Å². The minimum Gasteiger partial charge on any atom is -0.480 e. The van der Waals surface area contributed by atoms with Crippen LogP contribution in [0, 0.1) is 12.8 Å². The van der Waals surface area contributed by atoms with Gasteiger partial charge in [0, 0.05) is 43.0 Å². The summed E-state index contributed by atoms with van der Waals surface area (Å²) in [5, 5.41) is 3.62. The lowest BCUT2D eigenvalue weighted by atomic mass is 9.83. The van der Waals surface area contributed by atoms with Crippen molar-refractivity contribution in [3.63, 3.8) is 0 Å². The molecule has 1 spiro atoms. The number of aryl methyl sites for hydroxylation is 1. The molecule has 1 saturated carbocycles. The fourth-order valence-electron chi connectivity index (χ4n) is 5.86. The summed E-state index contributed by atoms with van der Waals surface area (Å²) in [6.07, 6.45) is 5.76. The molecule has 182 valence electrons. The Morgan fingerprint density at radius 1 is 1.24 bits per heavy atom. The number of piperidine rings is 2. The second-order valence-electron chi connectivity index (χ2n) is 11.4. The molecule has 3 fully saturated rings. The number of ether oxygens (including phenoxy) is 2. The van der Waals surface area contributed by atoms with E-state index in [0.717, 1.165) is 60.8 Å². The van der Waals surface area contributed by atoms with Crippen LogP contribution in [0.1, 0.15) is 75.4 Å². The average Bonchev–Trinajstić information content (AvgIpc) is 3.52. The standard InChI is InChI=1S/C27H36N4O3/c1-17-4-7-20-21(14-17)34-27(9-12-31(13-10-27)25(32)33-16-18-5-6-18)23-22(20)29-24(30-23)19-8-11-28-26(2,3)15-19/h4,7,14,18-19,28H,5-6,8-13,15-16H2,1-3H3,(H,29,30)/t19-/m1/s1. The topological polar surface area (TPSA) is 79.5 Å². The molecule has 6 rings (SSSR count). The maximum Gasteiger partial charge on any atom is 0.409 e. The van der Waals surface area contributed by atoms with E-state index in [1.165, 1.54) is 18.4 Å². The third kappa shape index (κ3) is 3.98. The van der Waals surface area contributed by atoms with Gasteiger partial charge in [0.15, 0.2) is 5.60 Å². The summed E-state index contributed by atoms with van der Waals surface area (Å²) < 4.78 is 12.3. The fourth-order valence-corrected chi connectivity index (χ4v) is 5.86. The minimum absolute atomic E-state index is 0.103. The molecule has 7 nitrogen and oxygen atoms in total. The van der Waals surface area contributed by atoms with Gasteiger partial charge in [0.2, 0.25) is 0 Å². The zero-order valence-electron chi connectivity index (χ0n) is 20.6. The largest absolute Gasteiger partial charge is 0.480 e. The quantitative estimate of drug-likeness (QED) is 0.678. The molecule has 0 bridgehead atoms. The maximum atomic E-state index is 12.6. The smallest absolute Gasteiger partial charge is 0.409 e. The lowest BCUT2D eigenvalue weighted by molar-refractivity contribution is -0.00891. The lowest BCUT2D eigenvalue weighted by Crippen LogP contribution is -2.49. The van der Waals surface area contributed by atoms with Gasteiger partial charge in [0.25, 0.3) is 0 Å². The summed E-state index contributed by atoms with van der Waals surface area (Å²) >= 11 is 0. The van der Waals surface area contributed by atoms with Crippen molar-refractivity contribution in [1.82, 2.24) is 20.2 Å². The van der Waals surface area contributed by atoms with Gasteiger partial charge >= 0.3 is 6.09 Å². The van der Waals surface area contributed by atoms with Crippen LogP contribution >= 0.6 is 0 Å². The van der Waals surface area contributed by atoms with Crippen LogP contribution in [0.4, 0.5) is 4.79 Å². The average molecular weight is 465 g/mol. The molecule has 1 aliphatic carbocycles. The van der Waals surface area contributed by atoms with E-state index in [1.54, 1.807) is 0 Å². The van der Waals surface area contributed by atoms with E-state index in [4.69, 9.17) is 14.5 Å². The number of nitrogens with one attached hydrogen (secondary N) is 2. The van der Waals surface area contributed by atoms with Gasteiger partial charge in [-0.15, -0.1) is 0 Å². The summed E-state index contributed by atoms with van der Waals surface area (Å²) in [4.78, 5) is 23.4. The number of rotatable bonds is 3. The zero-order valence-corrected chi connectivity index (χ0v) is 20.6. The molecule has 1 aromatic carbocycles. The zero-order chi connectivity index (χ0) is 23.5. The van der Waals surface area contributed by atoms with Crippen LogP contribution < -0.4 is 10.1 Å². The number of amides is 1. The first-order valence-electron chi connectivity index (χ1n) is 12.9. The Bertz CT molecular complexity index is 1100. The number of imidazole rings is 1. The molecule has 4 heterocycles. The Kier molecular flexibility index (Phi) is 5.17. The predicted octanol–water partition coefficient (Wildman–Crippen LogP) is 4.86. The van der Waals surface area contributed by atoms with Crippen molar-refractivity contribution >= 4 is 6.09 Å². The van der Waals surface area contributed by atoms with Crippen molar-refractivity contribution in [3.05, 3.63) is 35.3 Å². The number of aromatic nitrogens is 2. The predicted molar refractivity (Wildman–Crippen MR) is 130 cm³/mol. The van der Waals surface area contributed by atoms with Gasteiger partial charge in [-0.3, -0.25) is 0 Å². The molecule has 1 atom stereocenters. The summed E-state index contributed by atoms with van der Waals surface area (Å²) in [5.74, 6) is 2.95. The van der Waals surface area contributed by atoms with E-state index >= 15 is 0 Å². The van der Waals surface area contributed by atoms with Crippen LogP contribution in [-0.4, -0.2) is 52.7 Å². The second-order valence-corrected chi connectivity index (χ2v) is 11.4. The van der Waals surface area contributed by atoms with Crippen LogP contribution in [0.25, 0.3) is 11.3 Å². The highest BCUT2D eigenvalue weighted by atomic mass is 16.6. The fraction of sp³-hybridized carbons (Fsp3) is 0.630. The van der Waals surface area contributed by atoms with Crippen molar-refractivity contribution in [3.8, 4) is 17.0 Å². The van der Waals surface area contributed by atoms with Gasteiger partial charge in [0.05, 0.1) is 18.0 Å². The Labute approximate surface area is 201 Å². The highest BCUT2D eigenvalue weighted by Crippen LogP contribution is 2.49. The van der Waals surface area contributed by atoms with E-state index in [0.29, 0.717) is 31.5 Å². The SMILES string of the molecule is Cc1ccc2c(c1)OC1(CCN(C(=O)OCC3CC3)CC1)c1[nH]c([C@@H]3CCNC(C)(C)C3)nc1-2. The summed E-state index contributed by atoms with van der Waals surface area (Å²) in [6, 6.07) is 6.39. The van der Waals surface area contributed by atoms with E-state index in [9.17, 15) is 4.79 Å². The number of H-pyrrole nitrogens is 1. The van der Waals surface area contributed by atoms with Crippen LogP contribution in [0.2, 0.25) is 0 Å². The van der Waals surface area contributed by atoms with Gasteiger partial charge in [-0.1, -0.05) is 6.07 Å². The number of nitrogens with zero attached hydrogens (tertiary/aromatic N) is 2. The number of hydrogen-bond donors (Lipinski definition) is 2. The third-order valence-electron chi connectivity index (χ3n) is 8.08. The van der Waals surface area contributed by atoms with Crippen molar-refractivity contribution in [2.75, 3.05) is 26.2 Å². The molecule has 34 heavy (non-hydrogen) atoms. The van der Waals surface area contributed by atoms with Gasteiger partial charge in [-0.25, -0.2) is 9.78 Å². The molecule has 2 saturated heterocycles. The molecule has 3 aliphatic heterocycles. The Balaban J connectivity index is 1.30. The molecular formula is C27H36N4O3. The molecular weight excluding hydrogens is 428 g/mol. The van der Waals surface area contributed by atoms with E-state index in [2.05, 4.69) is 49.3 Å². The highest BCUT2D eigenvalue weighted by Gasteiger charge is 2.47. The van der Waals surface area contributed by atoms with Gasteiger partial charge in [0.1, 0.15) is 11.6 Å². The maximum absolute atomic E-state index is 12.6. The summed E-state index contributed by atoms with van der Waals surface area (Å²) in [6.45, 7) is 9.43. The second kappa shape index (κ2) is 8.01. The molecule has 7 heteroatoms. The summed E-state index contributed by atoms with van der Waals surface area (Å²) in [5.41, 5.74) is 3.96. The first-order chi connectivity index (χ1) is 16.3. The molecule has 2 aromatic rings. The third-order valence-corrected chi connectivity index (χ3v) is 8.08. The Hall–Kier alpha value is -2.54. The number of likely N-dealkylation sites (tertiary alicyclic amines) is 1. The Morgan fingerprint density at radius 2 is 2.03 bits per heavy atom. The number of aromatic amines is 1. The van der Waals surface area contributed by atoms with Crippen LogP contribution in [0.3, 0.4) is 0 Å². The van der Waals surface area contributed by atoms with E-state index < -0.39 is 5.60 Å². The highest BCUT2D eigenvalue weighted by molar-refractivity contribution is 5.74. The first-order valence-corrected chi connectivity index (χ1v) is 12.9. The van der Waals surface area contributed by atoms with Crippen molar-refractivity contribution < 1.29 is 14.3 Å². The molecule has 1 amide bonds. The molecule has 2 N–H and O–H groups in total. The van der Waals surface area contributed by atoms with Crippen LogP contribution in [0.15, 0.2) is 18.2 Å². The van der Waals surface area contributed by atoms with Gasteiger partial charge in [-0.05, 0) is 76.6 Å². The van der Waals surface area contributed by atoms with Gasteiger partial charge < -0.3 is 24.7 Å². The number of fused-ring (bicyclic) bond motifs is 4. The molecule has 0 radical (unpaired) electrons. The monoisotopic (exact) mass is 464 g/mol. The van der Waals surface area contributed by atoms with E-state index in [1.807, 2.05) is 4.90 Å². The van der Waals surface area contributed by atoms with Crippen molar-refractivity contribution in [1.29, 1.82) is 0 Å². The van der Waals surface area contributed by atoms with Crippen LogP contribution in [-0.2, 0) is 10.3 Å². The number of benzene rings is 1. The van der Waals surface area contributed by atoms with Gasteiger partial charge in [-0.2, -0.15) is 0 Å². The normalized spacial score (nSPS) is 24.8. The number of carbonyl (C=O) groups excluding carboxylic acids is 1. The minimum atomic E-state index is -0.489. The molecule has 1 aromatic heterocycles. The number of carbonyl (C=O) groups is 1. The molecule has 0 unspecified atom stereocenters. The van der Waals surface area contributed by atoms with Crippen LogP contribution in [0.5, 0.6) is 5.75 Å². The lowest BCUT2D eigenvalue weighted by Gasteiger charge is -2.43. The van der Waals surface area contributed by atoms with Crippen molar-refractivity contribution in [2.45, 2.75) is 76.4 Å². The molecule has 4 aliphatic rings.